The standard InChI is InChI=1S/C16H16BNO5S/c1-24(21,22)14-6-2-11(3-7-14)9-18-16(19)12-4-5-13-10-23-17(20)15(13)8-12/h2-8,20H,9-10H2,1H3,(H,18,19). The van der Waals surface area contributed by atoms with Crippen LogP contribution in [0.15, 0.2) is 47.4 Å². The summed E-state index contributed by atoms with van der Waals surface area (Å²) in [6, 6.07) is 11.4. The lowest BCUT2D eigenvalue weighted by Crippen LogP contribution is -2.30. The van der Waals surface area contributed by atoms with Crippen molar-refractivity contribution >= 4 is 28.3 Å². The van der Waals surface area contributed by atoms with Crippen molar-refractivity contribution in [2.24, 2.45) is 0 Å². The molecule has 1 aliphatic rings. The minimum Gasteiger partial charge on any atom is -0.423 e. The van der Waals surface area contributed by atoms with Gasteiger partial charge in [-0.05, 0) is 40.9 Å². The van der Waals surface area contributed by atoms with E-state index in [1.54, 1.807) is 30.3 Å². The molecule has 0 aliphatic carbocycles. The van der Waals surface area contributed by atoms with Gasteiger partial charge in [0.2, 0.25) is 0 Å². The highest BCUT2D eigenvalue weighted by Crippen LogP contribution is 2.12. The number of nitrogens with one attached hydrogen (secondary N) is 1. The van der Waals surface area contributed by atoms with Crippen molar-refractivity contribution in [3.8, 4) is 0 Å². The van der Waals surface area contributed by atoms with Gasteiger partial charge in [-0.1, -0.05) is 18.2 Å². The smallest absolute Gasteiger partial charge is 0.423 e. The summed E-state index contributed by atoms with van der Waals surface area (Å²) in [6.07, 6.45) is 1.15. The minimum atomic E-state index is -3.23. The van der Waals surface area contributed by atoms with E-state index < -0.39 is 17.0 Å². The fraction of sp³-hybridized carbons (Fsp3) is 0.188. The first-order valence-electron chi connectivity index (χ1n) is 7.34. The van der Waals surface area contributed by atoms with Crippen molar-refractivity contribution in [3.63, 3.8) is 0 Å². The SMILES string of the molecule is CS(=O)(=O)c1ccc(CNC(=O)c2ccc3c(c2)B(O)OC3)cc1. The fourth-order valence-corrected chi connectivity index (χ4v) is 3.13. The van der Waals surface area contributed by atoms with Gasteiger partial charge in [0.15, 0.2) is 9.84 Å². The average molecular weight is 345 g/mol. The average Bonchev–Trinajstić information content (AvgIpc) is 2.93. The Bertz CT molecular complexity index is 880. The first-order chi connectivity index (χ1) is 11.3. The molecule has 0 atom stereocenters. The van der Waals surface area contributed by atoms with Gasteiger partial charge in [-0.15, -0.1) is 0 Å². The summed E-state index contributed by atoms with van der Waals surface area (Å²) in [5.41, 5.74) is 2.71. The number of carbonyl (C=O) groups is 1. The Morgan fingerprint density at radius 3 is 2.62 bits per heavy atom. The Morgan fingerprint density at radius 1 is 1.25 bits per heavy atom. The number of carbonyl (C=O) groups excluding carboxylic acids is 1. The second-order valence-electron chi connectivity index (χ2n) is 5.68. The van der Waals surface area contributed by atoms with Crippen molar-refractivity contribution in [1.82, 2.24) is 5.32 Å². The molecule has 0 fully saturated rings. The number of amides is 1. The molecule has 24 heavy (non-hydrogen) atoms. The molecule has 2 aromatic rings. The lowest BCUT2D eigenvalue weighted by atomic mass is 9.79. The van der Waals surface area contributed by atoms with Crippen LogP contribution < -0.4 is 10.8 Å². The molecule has 124 valence electrons. The molecule has 0 saturated carbocycles. The van der Waals surface area contributed by atoms with E-state index in [0.717, 1.165) is 17.4 Å². The molecule has 6 nitrogen and oxygen atoms in total. The summed E-state index contributed by atoms with van der Waals surface area (Å²) < 4.78 is 27.9. The molecule has 0 aromatic heterocycles. The first kappa shape index (κ1) is 16.7. The zero-order valence-corrected chi connectivity index (χ0v) is 13.8. The number of rotatable bonds is 4. The highest BCUT2D eigenvalue weighted by molar-refractivity contribution is 7.90. The van der Waals surface area contributed by atoms with Crippen molar-refractivity contribution < 1.29 is 22.9 Å². The predicted molar refractivity (Wildman–Crippen MR) is 89.6 cm³/mol. The van der Waals surface area contributed by atoms with Crippen LogP contribution in [0, 0.1) is 0 Å². The van der Waals surface area contributed by atoms with E-state index in [2.05, 4.69) is 5.32 Å². The number of fused-ring (bicyclic) bond motifs is 1. The largest absolute Gasteiger partial charge is 0.491 e. The third-order valence-electron chi connectivity index (χ3n) is 3.88. The van der Waals surface area contributed by atoms with Crippen molar-refractivity contribution in [3.05, 3.63) is 59.2 Å². The highest BCUT2D eigenvalue weighted by atomic mass is 32.2. The molecule has 0 radical (unpaired) electrons. The number of hydrogen-bond donors (Lipinski definition) is 2. The molecule has 2 aromatic carbocycles. The van der Waals surface area contributed by atoms with E-state index in [-0.39, 0.29) is 17.3 Å². The molecular formula is C16H16BNO5S. The molecular weight excluding hydrogens is 329 g/mol. The molecule has 0 spiro atoms. The van der Waals surface area contributed by atoms with E-state index in [0.29, 0.717) is 17.6 Å². The highest BCUT2D eigenvalue weighted by Gasteiger charge is 2.27. The van der Waals surface area contributed by atoms with Crippen LogP contribution in [0.3, 0.4) is 0 Å². The normalized spacial score (nSPS) is 13.7. The molecule has 8 heteroatoms. The number of hydrogen-bond acceptors (Lipinski definition) is 5. The van der Waals surface area contributed by atoms with Gasteiger partial charge in [-0.2, -0.15) is 0 Å². The quantitative estimate of drug-likeness (QED) is 0.775. The van der Waals surface area contributed by atoms with E-state index in [9.17, 15) is 18.2 Å². The Hall–Kier alpha value is -2.16. The Balaban J connectivity index is 1.67. The van der Waals surface area contributed by atoms with Crippen LogP contribution in [0.25, 0.3) is 0 Å². The summed E-state index contributed by atoms with van der Waals surface area (Å²) in [6.45, 7) is 0.615. The second-order valence-corrected chi connectivity index (χ2v) is 7.69. The minimum absolute atomic E-state index is 0.241. The van der Waals surface area contributed by atoms with E-state index in [4.69, 9.17) is 4.65 Å². The van der Waals surface area contributed by atoms with Gasteiger partial charge < -0.3 is 15.0 Å². The zero-order valence-electron chi connectivity index (χ0n) is 13.0. The summed E-state index contributed by atoms with van der Waals surface area (Å²) in [7, 11) is -4.22. The van der Waals surface area contributed by atoms with Gasteiger partial charge in [0.1, 0.15) is 0 Å². The first-order valence-corrected chi connectivity index (χ1v) is 9.23. The topological polar surface area (TPSA) is 92.7 Å². The third-order valence-corrected chi connectivity index (χ3v) is 5.00. The zero-order chi connectivity index (χ0) is 17.3. The molecule has 3 rings (SSSR count). The monoisotopic (exact) mass is 345 g/mol. The third kappa shape index (κ3) is 3.50. The van der Waals surface area contributed by atoms with Crippen LogP contribution in [0.2, 0.25) is 0 Å². The summed E-state index contributed by atoms with van der Waals surface area (Å²) in [5.74, 6) is -0.274. The van der Waals surface area contributed by atoms with Gasteiger partial charge in [-0.3, -0.25) is 4.79 Å². The van der Waals surface area contributed by atoms with E-state index in [1.807, 2.05) is 0 Å². The van der Waals surface area contributed by atoms with E-state index >= 15 is 0 Å². The molecule has 1 aliphatic heterocycles. The maximum atomic E-state index is 12.2. The van der Waals surface area contributed by atoms with Gasteiger partial charge in [-0.25, -0.2) is 8.42 Å². The Morgan fingerprint density at radius 2 is 1.96 bits per heavy atom. The lowest BCUT2D eigenvalue weighted by molar-refractivity contribution is 0.0951. The molecule has 0 bridgehead atoms. The van der Waals surface area contributed by atoms with E-state index in [1.165, 1.54) is 12.1 Å². The van der Waals surface area contributed by atoms with Gasteiger partial charge >= 0.3 is 7.12 Å². The van der Waals surface area contributed by atoms with Gasteiger partial charge in [0, 0.05) is 18.4 Å². The molecule has 1 heterocycles. The summed E-state index contributed by atoms with van der Waals surface area (Å²) in [4.78, 5) is 12.5. The van der Waals surface area contributed by atoms with Crippen molar-refractivity contribution in [2.75, 3.05) is 6.26 Å². The molecule has 1 amide bonds. The van der Waals surface area contributed by atoms with Crippen LogP contribution in [0.4, 0.5) is 0 Å². The fourth-order valence-electron chi connectivity index (χ4n) is 2.49. The number of benzene rings is 2. The van der Waals surface area contributed by atoms with Crippen LogP contribution in [-0.4, -0.2) is 32.7 Å². The molecule has 0 saturated heterocycles. The Labute approximate surface area is 140 Å². The van der Waals surface area contributed by atoms with Gasteiger partial charge in [0.25, 0.3) is 5.91 Å². The maximum absolute atomic E-state index is 12.2. The van der Waals surface area contributed by atoms with Crippen LogP contribution in [-0.2, 0) is 27.6 Å². The molecule has 0 unspecified atom stereocenters. The summed E-state index contributed by atoms with van der Waals surface area (Å²) >= 11 is 0. The molecule has 2 N–H and O–H groups in total. The van der Waals surface area contributed by atoms with Crippen molar-refractivity contribution in [2.45, 2.75) is 18.0 Å². The summed E-state index contributed by atoms with van der Waals surface area (Å²) in [5, 5.41) is 12.5. The van der Waals surface area contributed by atoms with Crippen LogP contribution in [0.1, 0.15) is 21.5 Å². The number of sulfone groups is 1. The van der Waals surface area contributed by atoms with Crippen LogP contribution >= 0.6 is 0 Å². The van der Waals surface area contributed by atoms with Crippen molar-refractivity contribution in [1.29, 1.82) is 0 Å². The Kier molecular flexibility index (Phi) is 4.44. The predicted octanol–water partition coefficient (Wildman–Crippen LogP) is 0.238. The second kappa shape index (κ2) is 6.39. The lowest BCUT2D eigenvalue weighted by Gasteiger charge is -2.08. The van der Waals surface area contributed by atoms with Gasteiger partial charge in [0.05, 0.1) is 11.5 Å². The maximum Gasteiger partial charge on any atom is 0.491 e. The van der Waals surface area contributed by atoms with Crippen LogP contribution in [0.5, 0.6) is 0 Å².